The quantitative estimate of drug-likeness (QED) is 0.769. The third kappa shape index (κ3) is 5.23. The number of allylic oxidation sites excluding steroid dienone is 2. The Labute approximate surface area is 116 Å². The van der Waals surface area contributed by atoms with Gasteiger partial charge in [0.2, 0.25) is 0 Å². The molecule has 2 N–H and O–H groups in total. The van der Waals surface area contributed by atoms with Crippen LogP contribution in [0.25, 0.3) is 0 Å². The molecule has 0 aliphatic heterocycles. The van der Waals surface area contributed by atoms with Crippen LogP contribution in [0.5, 0.6) is 0 Å². The van der Waals surface area contributed by atoms with E-state index >= 15 is 0 Å². The predicted molar refractivity (Wildman–Crippen MR) is 76.0 cm³/mol. The van der Waals surface area contributed by atoms with Gasteiger partial charge in [-0.3, -0.25) is 0 Å². The molecule has 0 bridgehead atoms. The van der Waals surface area contributed by atoms with Gasteiger partial charge in [0.1, 0.15) is 5.60 Å². The Morgan fingerprint density at radius 1 is 1.32 bits per heavy atom. The molecule has 1 saturated carbocycles. The topological polar surface area (TPSA) is 50.4 Å². The second-order valence-electron chi connectivity index (χ2n) is 6.65. The van der Waals surface area contributed by atoms with Gasteiger partial charge in [0.15, 0.2) is 0 Å². The van der Waals surface area contributed by atoms with Gasteiger partial charge in [-0.1, -0.05) is 12.2 Å². The standard InChI is InChI=1S/C15H26N2O2/c1-15(2,3)19-14(18)17-13-9-12(13)16-10-11-7-5-4-6-8-11/h4-5,11-13,16H,6-10H2,1-3H3,(H,17,18). The van der Waals surface area contributed by atoms with E-state index in [1.807, 2.05) is 20.8 Å². The molecular weight excluding hydrogens is 240 g/mol. The van der Waals surface area contributed by atoms with E-state index in [4.69, 9.17) is 4.74 Å². The van der Waals surface area contributed by atoms with Crippen molar-refractivity contribution in [2.24, 2.45) is 5.92 Å². The number of alkyl carbamates (subject to hydrolysis) is 1. The van der Waals surface area contributed by atoms with Crippen LogP contribution in [-0.2, 0) is 4.74 Å². The van der Waals surface area contributed by atoms with E-state index in [0.29, 0.717) is 6.04 Å². The fourth-order valence-electron chi connectivity index (χ4n) is 2.40. The zero-order valence-electron chi connectivity index (χ0n) is 12.2. The van der Waals surface area contributed by atoms with Crippen molar-refractivity contribution in [1.29, 1.82) is 0 Å². The molecule has 1 fully saturated rings. The maximum absolute atomic E-state index is 11.6. The molecule has 2 aliphatic rings. The molecule has 0 aromatic rings. The van der Waals surface area contributed by atoms with E-state index in [9.17, 15) is 4.79 Å². The minimum atomic E-state index is -0.420. The van der Waals surface area contributed by atoms with Gasteiger partial charge in [-0.25, -0.2) is 4.79 Å². The number of ether oxygens (including phenoxy) is 1. The smallest absolute Gasteiger partial charge is 0.407 e. The summed E-state index contributed by atoms with van der Waals surface area (Å²) < 4.78 is 5.24. The minimum absolute atomic E-state index is 0.244. The highest BCUT2D eigenvalue weighted by molar-refractivity contribution is 5.68. The SMILES string of the molecule is CC(C)(C)OC(=O)NC1CC1NCC1CC=CCC1. The largest absolute Gasteiger partial charge is 0.444 e. The fraction of sp³-hybridized carbons (Fsp3) is 0.800. The number of hydrogen-bond acceptors (Lipinski definition) is 3. The molecule has 0 spiro atoms. The molecule has 1 amide bonds. The Kier molecular flexibility index (Phi) is 4.50. The lowest BCUT2D eigenvalue weighted by atomic mass is 9.94. The highest BCUT2D eigenvalue weighted by Gasteiger charge is 2.39. The van der Waals surface area contributed by atoms with Gasteiger partial charge in [-0.15, -0.1) is 0 Å². The summed E-state index contributed by atoms with van der Waals surface area (Å²) in [5.41, 5.74) is -0.420. The van der Waals surface area contributed by atoms with Crippen molar-refractivity contribution in [2.75, 3.05) is 6.54 Å². The predicted octanol–water partition coefficient (Wildman–Crippen LogP) is 2.60. The fourth-order valence-corrected chi connectivity index (χ4v) is 2.40. The Balaban J connectivity index is 1.59. The lowest BCUT2D eigenvalue weighted by molar-refractivity contribution is 0.0522. The van der Waals surface area contributed by atoms with E-state index in [1.54, 1.807) is 0 Å². The van der Waals surface area contributed by atoms with Crippen molar-refractivity contribution in [1.82, 2.24) is 10.6 Å². The Morgan fingerprint density at radius 3 is 2.74 bits per heavy atom. The number of rotatable bonds is 4. The van der Waals surface area contributed by atoms with Crippen LogP contribution in [0.1, 0.15) is 46.5 Å². The van der Waals surface area contributed by atoms with Crippen molar-refractivity contribution in [3.63, 3.8) is 0 Å². The van der Waals surface area contributed by atoms with E-state index in [1.165, 1.54) is 19.3 Å². The van der Waals surface area contributed by atoms with E-state index < -0.39 is 5.60 Å². The van der Waals surface area contributed by atoms with Crippen molar-refractivity contribution >= 4 is 6.09 Å². The van der Waals surface area contributed by atoms with E-state index in [-0.39, 0.29) is 12.1 Å². The third-order valence-electron chi connectivity index (χ3n) is 3.54. The molecule has 2 aliphatic carbocycles. The van der Waals surface area contributed by atoms with E-state index in [0.717, 1.165) is 18.9 Å². The summed E-state index contributed by atoms with van der Waals surface area (Å²) in [6.07, 6.45) is 8.92. The molecule has 3 unspecified atom stereocenters. The summed E-state index contributed by atoms with van der Waals surface area (Å²) in [6.45, 7) is 6.70. The number of amides is 1. The molecule has 4 heteroatoms. The summed E-state index contributed by atoms with van der Waals surface area (Å²) in [4.78, 5) is 11.6. The van der Waals surface area contributed by atoms with Crippen molar-refractivity contribution in [3.05, 3.63) is 12.2 Å². The van der Waals surface area contributed by atoms with Crippen molar-refractivity contribution < 1.29 is 9.53 Å². The molecular formula is C15H26N2O2. The average Bonchev–Trinajstić information content (AvgIpc) is 3.03. The van der Waals surface area contributed by atoms with Gasteiger partial charge in [-0.2, -0.15) is 0 Å². The minimum Gasteiger partial charge on any atom is -0.444 e. The second-order valence-corrected chi connectivity index (χ2v) is 6.65. The molecule has 0 aromatic carbocycles. The van der Waals surface area contributed by atoms with Crippen LogP contribution >= 0.6 is 0 Å². The van der Waals surface area contributed by atoms with E-state index in [2.05, 4.69) is 22.8 Å². The van der Waals surface area contributed by atoms with Gasteiger partial charge >= 0.3 is 6.09 Å². The molecule has 0 radical (unpaired) electrons. The maximum atomic E-state index is 11.6. The first kappa shape index (κ1) is 14.4. The third-order valence-corrected chi connectivity index (χ3v) is 3.54. The Morgan fingerprint density at radius 2 is 2.11 bits per heavy atom. The molecule has 3 atom stereocenters. The lowest BCUT2D eigenvalue weighted by Gasteiger charge is -2.20. The zero-order valence-corrected chi connectivity index (χ0v) is 12.2. The van der Waals surface area contributed by atoms with Gasteiger partial charge in [0, 0.05) is 12.1 Å². The van der Waals surface area contributed by atoms with Gasteiger partial charge < -0.3 is 15.4 Å². The zero-order chi connectivity index (χ0) is 13.9. The van der Waals surface area contributed by atoms with Crippen LogP contribution in [0, 0.1) is 5.92 Å². The van der Waals surface area contributed by atoms with Crippen LogP contribution in [0.2, 0.25) is 0 Å². The van der Waals surface area contributed by atoms with Crippen molar-refractivity contribution in [2.45, 2.75) is 64.1 Å². The van der Waals surface area contributed by atoms with Crippen LogP contribution in [-0.4, -0.2) is 30.3 Å². The summed E-state index contributed by atoms with van der Waals surface area (Å²) in [7, 11) is 0. The normalized spacial score (nSPS) is 29.9. The van der Waals surface area contributed by atoms with Crippen molar-refractivity contribution in [3.8, 4) is 0 Å². The average molecular weight is 266 g/mol. The van der Waals surface area contributed by atoms with Crippen LogP contribution in [0.15, 0.2) is 12.2 Å². The molecule has 19 heavy (non-hydrogen) atoms. The number of carbonyl (C=O) groups is 1. The van der Waals surface area contributed by atoms with Crippen LogP contribution < -0.4 is 10.6 Å². The first-order valence-electron chi connectivity index (χ1n) is 7.32. The van der Waals surface area contributed by atoms with Gasteiger partial charge in [0.25, 0.3) is 0 Å². The summed E-state index contributed by atoms with van der Waals surface area (Å²) >= 11 is 0. The van der Waals surface area contributed by atoms with Crippen LogP contribution in [0.3, 0.4) is 0 Å². The molecule has 108 valence electrons. The molecule has 4 nitrogen and oxygen atoms in total. The number of hydrogen-bond donors (Lipinski definition) is 2. The molecule has 2 rings (SSSR count). The molecule has 0 saturated heterocycles. The highest BCUT2D eigenvalue weighted by atomic mass is 16.6. The number of carbonyl (C=O) groups excluding carboxylic acids is 1. The summed E-state index contributed by atoms with van der Waals surface area (Å²) in [5, 5.41) is 6.45. The summed E-state index contributed by atoms with van der Waals surface area (Å²) in [5.74, 6) is 0.757. The second kappa shape index (κ2) is 5.95. The first-order valence-corrected chi connectivity index (χ1v) is 7.32. The molecule has 0 aromatic heterocycles. The maximum Gasteiger partial charge on any atom is 0.407 e. The van der Waals surface area contributed by atoms with Crippen LogP contribution in [0.4, 0.5) is 4.79 Å². The Bertz CT molecular complexity index is 347. The monoisotopic (exact) mass is 266 g/mol. The van der Waals surface area contributed by atoms with Gasteiger partial charge in [-0.05, 0) is 58.9 Å². The van der Waals surface area contributed by atoms with Gasteiger partial charge in [0.05, 0.1) is 0 Å². The number of nitrogens with one attached hydrogen (secondary N) is 2. The molecule has 0 heterocycles. The first-order chi connectivity index (χ1) is 8.94. The highest BCUT2D eigenvalue weighted by Crippen LogP contribution is 2.24. The lowest BCUT2D eigenvalue weighted by Crippen LogP contribution is -2.37. The summed E-state index contributed by atoms with van der Waals surface area (Å²) in [6, 6.07) is 0.674. The Hall–Kier alpha value is -1.03.